The van der Waals surface area contributed by atoms with Crippen LogP contribution < -0.4 is 10.6 Å². The Bertz CT molecular complexity index is 1380. The number of fused-ring (bicyclic) bond motifs is 1. The Morgan fingerprint density at radius 3 is 2.71 bits per heavy atom. The lowest BCUT2D eigenvalue weighted by Crippen LogP contribution is -2.29. The minimum absolute atomic E-state index is 0.283. The fourth-order valence-electron chi connectivity index (χ4n) is 4.10. The Morgan fingerprint density at radius 1 is 1.14 bits per heavy atom. The molecule has 0 fully saturated rings. The van der Waals surface area contributed by atoms with Crippen molar-refractivity contribution in [2.24, 2.45) is 4.36 Å². The van der Waals surface area contributed by atoms with E-state index in [1.165, 1.54) is 30.2 Å². The molecule has 35 heavy (non-hydrogen) atoms. The fourth-order valence-corrected chi connectivity index (χ4v) is 4.65. The molecule has 0 saturated carbocycles. The Morgan fingerprint density at radius 2 is 1.97 bits per heavy atom. The molecule has 182 valence electrons. The molecule has 2 heterocycles. The Kier molecular flexibility index (Phi) is 7.28. The molecule has 10 heteroatoms. The highest BCUT2D eigenvalue weighted by Crippen LogP contribution is 2.27. The molecule has 3 aromatic rings. The van der Waals surface area contributed by atoms with Gasteiger partial charge in [0, 0.05) is 34.0 Å². The summed E-state index contributed by atoms with van der Waals surface area (Å²) < 4.78 is 16.1. The molecule has 1 aliphatic rings. The van der Waals surface area contributed by atoms with Gasteiger partial charge in [0.2, 0.25) is 5.95 Å². The van der Waals surface area contributed by atoms with Crippen LogP contribution in [0.4, 0.5) is 29.1 Å². The van der Waals surface area contributed by atoms with Gasteiger partial charge < -0.3 is 15.5 Å². The van der Waals surface area contributed by atoms with Crippen LogP contribution in [0, 0.1) is 11.3 Å². The van der Waals surface area contributed by atoms with Crippen molar-refractivity contribution >= 4 is 38.8 Å². The van der Waals surface area contributed by atoms with Gasteiger partial charge in [-0.05, 0) is 75.2 Å². The molecule has 1 aromatic carbocycles. The molecule has 9 nitrogen and oxygen atoms in total. The highest BCUT2D eigenvalue weighted by atomic mass is 32.2. The summed E-state index contributed by atoms with van der Waals surface area (Å²) >= 11 is 0. The van der Waals surface area contributed by atoms with Crippen molar-refractivity contribution in [3.63, 3.8) is 0 Å². The number of aryl methyl sites for hydroxylation is 1. The molecule has 0 radical (unpaired) electrons. The number of anilines is 4. The second-order valence-corrected chi connectivity index (χ2v) is 11.7. The molecule has 0 saturated heterocycles. The third-order valence-electron chi connectivity index (χ3n) is 5.84. The number of hydrogen-bond donors (Lipinski definition) is 2. The molecule has 0 bridgehead atoms. The van der Waals surface area contributed by atoms with E-state index < -0.39 is 9.73 Å². The fraction of sp³-hybridized carbons (Fsp3) is 0.360. The average Bonchev–Trinajstić information content (AvgIpc) is 3.01. The van der Waals surface area contributed by atoms with Crippen LogP contribution in [0.15, 0.2) is 47.0 Å². The number of hydrogen-bond acceptors (Lipinski definition) is 9. The van der Waals surface area contributed by atoms with Gasteiger partial charge in [0.1, 0.15) is 17.5 Å². The number of aromatic nitrogens is 3. The zero-order chi connectivity index (χ0) is 25.0. The van der Waals surface area contributed by atoms with Gasteiger partial charge in [0.25, 0.3) is 0 Å². The number of nitrogens with one attached hydrogen (secondary N) is 2. The van der Waals surface area contributed by atoms with Crippen LogP contribution in [0.1, 0.15) is 29.5 Å². The van der Waals surface area contributed by atoms with Crippen molar-refractivity contribution in [2.75, 3.05) is 37.2 Å². The molecular weight excluding hydrogens is 460 g/mol. The normalized spacial score (nSPS) is 15.6. The minimum Gasteiger partial charge on any atom is -0.324 e. The van der Waals surface area contributed by atoms with Gasteiger partial charge in [0.05, 0.1) is 6.20 Å². The standard InChI is InChI=1S/C25H30N8OS/c1-33(2)21-8-5-7-17-11-12-20(13-18(17)14-21)28-25-27-16-19(15-26)24(31-25)30-22-9-6-10-23(29-22)32-35(3,4)34/h6,9-13,16,21H,5,7-8,14H2,1-4H3,(H2,27,28,29,30,31). The van der Waals surface area contributed by atoms with E-state index in [1.807, 2.05) is 6.07 Å². The first-order valence-corrected chi connectivity index (χ1v) is 13.8. The first kappa shape index (κ1) is 24.6. The minimum atomic E-state index is -2.34. The van der Waals surface area contributed by atoms with Crippen molar-refractivity contribution in [3.8, 4) is 6.07 Å². The summed E-state index contributed by atoms with van der Waals surface area (Å²) in [5, 5.41) is 15.9. The van der Waals surface area contributed by atoms with E-state index in [0.29, 0.717) is 29.4 Å². The Labute approximate surface area is 206 Å². The summed E-state index contributed by atoms with van der Waals surface area (Å²) in [6.45, 7) is 0. The van der Waals surface area contributed by atoms with E-state index in [2.05, 4.69) is 67.1 Å². The van der Waals surface area contributed by atoms with Gasteiger partial charge in [-0.1, -0.05) is 12.1 Å². The van der Waals surface area contributed by atoms with E-state index in [9.17, 15) is 9.47 Å². The maximum absolute atomic E-state index is 12.0. The molecule has 4 rings (SSSR count). The van der Waals surface area contributed by atoms with Gasteiger partial charge in [-0.3, -0.25) is 0 Å². The number of nitriles is 1. The molecule has 1 atom stereocenters. The SMILES string of the molecule is CN(C)C1CCCc2ccc(Nc3ncc(C#N)c(Nc4cccc(N=S(C)(C)=O)n4)n3)cc2C1. The zero-order valence-corrected chi connectivity index (χ0v) is 21.3. The average molecular weight is 491 g/mol. The van der Waals surface area contributed by atoms with Gasteiger partial charge in [0.15, 0.2) is 11.6 Å². The van der Waals surface area contributed by atoms with Crippen LogP contribution in [-0.4, -0.2) is 56.7 Å². The predicted molar refractivity (Wildman–Crippen MR) is 140 cm³/mol. The van der Waals surface area contributed by atoms with Gasteiger partial charge in [-0.25, -0.2) is 14.2 Å². The molecule has 0 spiro atoms. The van der Waals surface area contributed by atoms with Crippen LogP contribution in [0.2, 0.25) is 0 Å². The summed E-state index contributed by atoms with van der Waals surface area (Å²) in [6.07, 6.45) is 9.05. The van der Waals surface area contributed by atoms with E-state index in [1.54, 1.807) is 30.7 Å². The molecule has 2 N–H and O–H groups in total. The molecule has 0 aliphatic heterocycles. The second kappa shape index (κ2) is 10.4. The molecule has 2 aromatic heterocycles. The Balaban J connectivity index is 1.58. The lowest BCUT2D eigenvalue weighted by molar-refractivity contribution is 0.277. The highest BCUT2D eigenvalue weighted by molar-refractivity contribution is 7.92. The molecular formula is C25H30N8OS. The number of rotatable bonds is 6. The first-order chi connectivity index (χ1) is 16.7. The number of likely N-dealkylation sites (N-methyl/N-ethyl adjacent to an activating group) is 1. The van der Waals surface area contributed by atoms with Crippen LogP contribution >= 0.6 is 0 Å². The monoisotopic (exact) mass is 490 g/mol. The van der Waals surface area contributed by atoms with Crippen molar-refractivity contribution in [3.05, 3.63) is 59.3 Å². The van der Waals surface area contributed by atoms with Gasteiger partial charge in [-0.15, -0.1) is 0 Å². The van der Waals surface area contributed by atoms with E-state index in [4.69, 9.17) is 0 Å². The van der Waals surface area contributed by atoms with Crippen molar-refractivity contribution in [1.29, 1.82) is 5.26 Å². The van der Waals surface area contributed by atoms with Gasteiger partial charge in [-0.2, -0.15) is 14.6 Å². The van der Waals surface area contributed by atoms with Crippen LogP contribution in [0.25, 0.3) is 0 Å². The summed E-state index contributed by atoms with van der Waals surface area (Å²) in [5.41, 5.74) is 3.91. The lowest BCUT2D eigenvalue weighted by atomic mass is 10.0. The van der Waals surface area contributed by atoms with Gasteiger partial charge >= 0.3 is 0 Å². The maximum Gasteiger partial charge on any atom is 0.229 e. The summed E-state index contributed by atoms with van der Waals surface area (Å²) in [6, 6.07) is 14.2. The Hall–Kier alpha value is -3.55. The number of nitrogens with zero attached hydrogens (tertiary/aromatic N) is 6. The number of benzene rings is 1. The molecule has 1 unspecified atom stereocenters. The molecule has 1 aliphatic carbocycles. The quantitative estimate of drug-likeness (QED) is 0.488. The third-order valence-corrected chi connectivity index (χ3v) is 6.46. The first-order valence-electron chi connectivity index (χ1n) is 11.4. The zero-order valence-electron chi connectivity index (χ0n) is 20.4. The van der Waals surface area contributed by atoms with E-state index in [0.717, 1.165) is 18.5 Å². The maximum atomic E-state index is 12.0. The largest absolute Gasteiger partial charge is 0.324 e. The predicted octanol–water partition coefficient (Wildman–Crippen LogP) is 4.40. The number of pyridine rings is 1. The van der Waals surface area contributed by atoms with Crippen molar-refractivity contribution in [1.82, 2.24) is 19.9 Å². The van der Waals surface area contributed by atoms with Crippen LogP contribution in [-0.2, 0) is 22.6 Å². The lowest BCUT2D eigenvalue weighted by Gasteiger charge is -2.23. The smallest absolute Gasteiger partial charge is 0.229 e. The second-order valence-electron chi connectivity index (χ2n) is 9.17. The van der Waals surface area contributed by atoms with Crippen molar-refractivity contribution < 1.29 is 4.21 Å². The van der Waals surface area contributed by atoms with E-state index in [-0.39, 0.29) is 5.56 Å². The van der Waals surface area contributed by atoms with Crippen LogP contribution in [0.5, 0.6) is 0 Å². The summed E-state index contributed by atoms with van der Waals surface area (Å²) in [4.78, 5) is 15.5. The highest BCUT2D eigenvalue weighted by Gasteiger charge is 2.19. The molecule has 0 amide bonds. The summed E-state index contributed by atoms with van der Waals surface area (Å²) in [7, 11) is 1.93. The van der Waals surface area contributed by atoms with Crippen LogP contribution in [0.3, 0.4) is 0 Å². The summed E-state index contributed by atoms with van der Waals surface area (Å²) in [5.74, 6) is 1.48. The third kappa shape index (κ3) is 6.53. The van der Waals surface area contributed by atoms with E-state index >= 15 is 0 Å². The topological polar surface area (TPSA) is 119 Å². The van der Waals surface area contributed by atoms with Crippen molar-refractivity contribution in [2.45, 2.75) is 31.7 Å².